The quantitative estimate of drug-likeness (QED) is 0.763. The number of halogens is 2. The number of ether oxygens (including phenoxy) is 1. The number of nitrogens with two attached hydrogens (primary N) is 1. The maximum atomic E-state index is 11.8. The van der Waals surface area contributed by atoms with Crippen molar-refractivity contribution in [2.24, 2.45) is 5.73 Å². The van der Waals surface area contributed by atoms with Gasteiger partial charge < -0.3 is 15.8 Å². The number of rotatable bonds is 7. The van der Waals surface area contributed by atoms with Crippen LogP contribution in [0.2, 0.25) is 0 Å². The van der Waals surface area contributed by atoms with Crippen LogP contribution in [0.5, 0.6) is 0 Å². The molecule has 0 spiro atoms. The molecule has 5 nitrogen and oxygen atoms in total. The molecule has 1 atom stereocenters. The third-order valence-corrected chi connectivity index (χ3v) is 3.92. The van der Waals surface area contributed by atoms with Crippen molar-refractivity contribution in [3.05, 3.63) is 35.4 Å². The minimum Gasteiger partial charge on any atom is -0.379 e. The second kappa shape index (κ2) is 12.5. The zero-order valence-electron chi connectivity index (χ0n) is 14.2. The van der Waals surface area contributed by atoms with Crippen molar-refractivity contribution in [2.75, 3.05) is 26.3 Å². The van der Waals surface area contributed by atoms with Crippen molar-refractivity contribution in [3.8, 4) is 0 Å². The summed E-state index contributed by atoms with van der Waals surface area (Å²) < 4.78 is 5.38. The van der Waals surface area contributed by atoms with E-state index in [2.05, 4.69) is 28.4 Å². The first-order chi connectivity index (χ1) is 10.6. The van der Waals surface area contributed by atoms with Gasteiger partial charge in [0, 0.05) is 38.6 Å². The predicted octanol–water partition coefficient (Wildman–Crippen LogP) is 2.11. The lowest BCUT2D eigenvalue weighted by molar-refractivity contribution is -0.121. The summed E-state index contributed by atoms with van der Waals surface area (Å²) in [6.07, 6.45) is 1.21. The summed E-state index contributed by atoms with van der Waals surface area (Å²) in [4.78, 5) is 14.2. The van der Waals surface area contributed by atoms with E-state index in [9.17, 15) is 4.79 Å². The van der Waals surface area contributed by atoms with Gasteiger partial charge in [0.05, 0.1) is 13.2 Å². The number of morpholine rings is 1. The second-order valence-electron chi connectivity index (χ2n) is 5.95. The number of nitrogens with one attached hydrogen (secondary N) is 1. The van der Waals surface area contributed by atoms with Crippen LogP contribution in [0.4, 0.5) is 0 Å². The van der Waals surface area contributed by atoms with Gasteiger partial charge in [-0.3, -0.25) is 9.69 Å². The van der Waals surface area contributed by atoms with Gasteiger partial charge in [-0.05, 0) is 24.5 Å². The lowest BCUT2D eigenvalue weighted by atomic mass is 10.1. The molecular formula is C17H29Cl2N3O2. The van der Waals surface area contributed by atoms with E-state index >= 15 is 0 Å². The molecule has 24 heavy (non-hydrogen) atoms. The fraction of sp³-hybridized carbons (Fsp3) is 0.588. The number of benzene rings is 1. The molecule has 138 valence electrons. The molecule has 0 aromatic heterocycles. The van der Waals surface area contributed by atoms with E-state index in [-0.39, 0.29) is 36.8 Å². The molecule has 0 saturated carbocycles. The van der Waals surface area contributed by atoms with Crippen LogP contribution in [0.1, 0.15) is 30.9 Å². The summed E-state index contributed by atoms with van der Waals surface area (Å²) in [5, 5.41) is 2.99. The molecule has 1 amide bonds. The number of hydrogen-bond acceptors (Lipinski definition) is 4. The molecule has 0 radical (unpaired) electrons. The number of amides is 1. The van der Waals surface area contributed by atoms with Crippen molar-refractivity contribution >= 4 is 30.7 Å². The number of hydrogen-bond donors (Lipinski definition) is 2. The van der Waals surface area contributed by atoms with Crippen LogP contribution in [-0.4, -0.2) is 43.2 Å². The van der Waals surface area contributed by atoms with Crippen molar-refractivity contribution in [1.29, 1.82) is 0 Å². The molecule has 1 aliphatic rings. The monoisotopic (exact) mass is 377 g/mol. The maximum Gasteiger partial charge on any atom is 0.220 e. The Balaban J connectivity index is 0.00000264. The SMILES string of the molecule is CC(N)CCC(=O)NCc1ccccc1CN1CCOCC1.Cl.Cl. The molecule has 1 aliphatic heterocycles. The first-order valence-corrected chi connectivity index (χ1v) is 8.04. The van der Waals surface area contributed by atoms with E-state index in [4.69, 9.17) is 10.5 Å². The largest absolute Gasteiger partial charge is 0.379 e. The highest BCUT2D eigenvalue weighted by molar-refractivity contribution is 5.85. The normalized spacial score (nSPS) is 15.8. The van der Waals surface area contributed by atoms with Crippen molar-refractivity contribution in [2.45, 2.75) is 38.9 Å². The molecule has 3 N–H and O–H groups in total. The fourth-order valence-electron chi connectivity index (χ4n) is 2.53. The highest BCUT2D eigenvalue weighted by Crippen LogP contribution is 2.13. The topological polar surface area (TPSA) is 67.6 Å². The molecule has 1 unspecified atom stereocenters. The Morgan fingerprint density at radius 3 is 2.50 bits per heavy atom. The highest BCUT2D eigenvalue weighted by Gasteiger charge is 2.13. The van der Waals surface area contributed by atoms with Crippen molar-refractivity contribution < 1.29 is 9.53 Å². The predicted molar refractivity (Wildman–Crippen MR) is 102 cm³/mol. The van der Waals surface area contributed by atoms with Crippen LogP contribution < -0.4 is 11.1 Å². The summed E-state index contributed by atoms with van der Waals surface area (Å²) in [6.45, 7) is 6.95. The van der Waals surface area contributed by atoms with Crippen LogP contribution in [0.25, 0.3) is 0 Å². The molecule has 1 saturated heterocycles. The molecule has 0 aliphatic carbocycles. The van der Waals surface area contributed by atoms with E-state index in [1.807, 2.05) is 13.0 Å². The first kappa shape index (κ1) is 23.1. The van der Waals surface area contributed by atoms with Gasteiger partial charge in [0.15, 0.2) is 0 Å². The van der Waals surface area contributed by atoms with Gasteiger partial charge >= 0.3 is 0 Å². The third kappa shape index (κ3) is 8.31. The molecule has 0 bridgehead atoms. The third-order valence-electron chi connectivity index (χ3n) is 3.92. The molecule has 1 heterocycles. The summed E-state index contributed by atoms with van der Waals surface area (Å²) in [5.41, 5.74) is 8.14. The Labute approximate surface area is 157 Å². The maximum absolute atomic E-state index is 11.8. The number of nitrogens with zero attached hydrogens (tertiary/aromatic N) is 1. The molecule has 1 fully saturated rings. The molecule has 1 aromatic rings. The van der Waals surface area contributed by atoms with E-state index in [1.165, 1.54) is 11.1 Å². The van der Waals surface area contributed by atoms with Gasteiger partial charge in [-0.25, -0.2) is 0 Å². The van der Waals surface area contributed by atoms with Crippen molar-refractivity contribution in [3.63, 3.8) is 0 Å². The van der Waals surface area contributed by atoms with Gasteiger partial charge in [0.2, 0.25) is 5.91 Å². The Bertz CT molecular complexity index is 481. The Morgan fingerprint density at radius 2 is 1.88 bits per heavy atom. The van der Waals surface area contributed by atoms with Gasteiger partial charge in [0.1, 0.15) is 0 Å². The summed E-state index contributed by atoms with van der Waals surface area (Å²) >= 11 is 0. The smallest absolute Gasteiger partial charge is 0.220 e. The van der Waals surface area contributed by atoms with Gasteiger partial charge in [-0.2, -0.15) is 0 Å². The highest BCUT2D eigenvalue weighted by atomic mass is 35.5. The lowest BCUT2D eigenvalue weighted by Crippen LogP contribution is -2.36. The van der Waals surface area contributed by atoms with Crippen LogP contribution in [-0.2, 0) is 22.6 Å². The lowest BCUT2D eigenvalue weighted by Gasteiger charge is -2.27. The van der Waals surface area contributed by atoms with E-state index < -0.39 is 0 Å². The minimum atomic E-state index is 0. The van der Waals surface area contributed by atoms with Crippen LogP contribution in [0.3, 0.4) is 0 Å². The molecule has 2 rings (SSSR count). The van der Waals surface area contributed by atoms with Crippen LogP contribution in [0, 0.1) is 0 Å². The van der Waals surface area contributed by atoms with Crippen LogP contribution in [0.15, 0.2) is 24.3 Å². The Hall–Kier alpha value is -0.850. The van der Waals surface area contributed by atoms with E-state index in [0.717, 1.165) is 39.3 Å². The van der Waals surface area contributed by atoms with Gasteiger partial charge in [0.25, 0.3) is 0 Å². The Kier molecular flexibility index (Phi) is 12.1. The average molecular weight is 378 g/mol. The summed E-state index contributed by atoms with van der Waals surface area (Å²) in [5.74, 6) is 0.0680. The zero-order chi connectivity index (χ0) is 15.8. The van der Waals surface area contributed by atoms with E-state index in [1.54, 1.807) is 0 Å². The summed E-state index contributed by atoms with van der Waals surface area (Å²) in [7, 11) is 0. The van der Waals surface area contributed by atoms with E-state index in [0.29, 0.717) is 13.0 Å². The molecular weight excluding hydrogens is 349 g/mol. The minimum absolute atomic E-state index is 0. The molecule has 1 aromatic carbocycles. The fourth-order valence-corrected chi connectivity index (χ4v) is 2.53. The number of carbonyl (C=O) groups is 1. The molecule has 7 heteroatoms. The zero-order valence-corrected chi connectivity index (χ0v) is 15.8. The van der Waals surface area contributed by atoms with Gasteiger partial charge in [-0.15, -0.1) is 24.8 Å². The van der Waals surface area contributed by atoms with Crippen molar-refractivity contribution in [1.82, 2.24) is 10.2 Å². The van der Waals surface area contributed by atoms with Crippen LogP contribution >= 0.6 is 24.8 Å². The number of carbonyl (C=O) groups excluding carboxylic acids is 1. The average Bonchev–Trinajstić information content (AvgIpc) is 2.53. The van der Waals surface area contributed by atoms with Gasteiger partial charge in [-0.1, -0.05) is 24.3 Å². The Morgan fingerprint density at radius 1 is 1.25 bits per heavy atom. The second-order valence-corrected chi connectivity index (χ2v) is 5.95. The standard InChI is InChI=1S/C17H27N3O2.2ClH/c1-14(18)6-7-17(21)19-12-15-4-2-3-5-16(15)13-20-8-10-22-11-9-20;;/h2-5,14H,6-13,18H2,1H3,(H,19,21);2*1H. The first-order valence-electron chi connectivity index (χ1n) is 8.04. The summed E-state index contributed by atoms with van der Waals surface area (Å²) in [6, 6.07) is 8.36.